The third kappa shape index (κ3) is 3.69. The monoisotopic (exact) mass is 258 g/mol. The number of hydrogen-bond acceptors (Lipinski definition) is 4. The molecule has 0 saturated heterocycles. The second kappa shape index (κ2) is 6.75. The summed E-state index contributed by atoms with van der Waals surface area (Å²) in [5.41, 5.74) is 1.94. The first-order chi connectivity index (χ1) is 9.31. The van der Waals surface area contributed by atoms with Gasteiger partial charge >= 0.3 is 0 Å². The molecule has 0 atom stereocenters. The van der Waals surface area contributed by atoms with Crippen LogP contribution in [0.25, 0.3) is 0 Å². The summed E-state index contributed by atoms with van der Waals surface area (Å²) in [6, 6.07) is 9.45. The van der Waals surface area contributed by atoms with Crippen LogP contribution in [-0.2, 0) is 13.1 Å². The molecule has 19 heavy (non-hydrogen) atoms. The molecule has 0 spiro atoms. The fourth-order valence-electron chi connectivity index (χ4n) is 1.83. The van der Waals surface area contributed by atoms with Crippen LogP contribution in [-0.4, -0.2) is 16.7 Å². The van der Waals surface area contributed by atoms with Gasteiger partial charge in [-0.2, -0.15) is 0 Å². The van der Waals surface area contributed by atoms with Crippen LogP contribution in [0.5, 0.6) is 11.5 Å². The zero-order chi connectivity index (χ0) is 13.5. The highest BCUT2D eigenvalue weighted by atomic mass is 16.5. The van der Waals surface area contributed by atoms with E-state index in [4.69, 9.17) is 4.74 Å². The molecule has 0 aliphatic rings. The third-order valence-electron chi connectivity index (χ3n) is 2.75. The second-order valence-corrected chi connectivity index (χ2v) is 4.16. The van der Waals surface area contributed by atoms with Crippen LogP contribution < -0.4 is 10.1 Å². The minimum atomic E-state index is 0.211. The second-order valence-electron chi connectivity index (χ2n) is 4.16. The van der Waals surface area contributed by atoms with Crippen LogP contribution in [0, 0.1) is 0 Å². The number of hydrogen-bond donors (Lipinski definition) is 2. The van der Waals surface area contributed by atoms with E-state index in [1.807, 2.05) is 37.4 Å². The Balaban J connectivity index is 1.94. The molecule has 0 bridgehead atoms. The number of nitrogens with zero attached hydrogens (tertiary/aromatic N) is 1. The fraction of sp³-hybridized carbons (Fsp3) is 0.267. The summed E-state index contributed by atoms with van der Waals surface area (Å²) in [6.07, 6.45) is 3.57. The van der Waals surface area contributed by atoms with Gasteiger partial charge in [-0.15, -0.1) is 0 Å². The highest BCUT2D eigenvalue weighted by Crippen LogP contribution is 2.29. The van der Waals surface area contributed by atoms with Crippen molar-refractivity contribution in [2.45, 2.75) is 20.0 Å². The maximum atomic E-state index is 10.0. The van der Waals surface area contributed by atoms with Gasteiger partial charge in [-0.1, -0.05) is 18.2 Å². The molecule has 1 heterocycles. The molecule has 4 heteroatoms. The van der Waals surface area contributed by atoms with E-state index in [9.17, 15) is 5.11 Å². The van der Waals surface area contributed by atoms with E-state index in [-0.39, 0.29) is 5.75 Å². The van der Waals surface area contributed by atoms with Gasteiger partial charge < -0.3 is 15.2 Å². The number of aromatic nitrogens is 1. The molecule has 2 aromatic rings. The number of benzene rings is 1. The first-order valence-electron chi connectivity index (χ1n) is 6.34. The molecule has 0 unspecified atom stereocenters. The molecule has 0 saturated carbocycles. The smallest absolute Gasteiger partial charge is 0.162 e. The Bertz CT molecular complexity index is 515. The van der Waals surface area contributed by atoms with Gasteiger partial charge in [-0.3, -0.25) is 4.98 Å². The Morgan fingerprint density at radius 3 is 2.84 bits per heavy atom. The third-order valence-corrected chi connectivity index (χ3v) is 2.75. The van der Waals surface area contributed by atoms with Gasteiger partial charge in [-0.05, 0) is 24.6 Å². The van der Waals surface area contributed by atoms with Gasteiger partial charge in [0.15, 0.2) is 11.5 Å². The Morgan fingerprint density at radius 2 is 2.11 bits per heavy atom. The first kappa shape index (κ1) is 13.4. The molecule has 0 aliphatic carbocycles. The summed E-state index contributed by atoms with van der Waals surface area (Å²) in [7, 11) is 0. The van der Waals surface area contributed by atoms with Crippen LogP contribution in [0.3, 0.4) is 0 Å². The van der Waals surface area contributed by atoms with Gasteiger partial charge in [-0.25, -0.2) is 0 Å². The number of ether oxygens (including phenoxy) is 1. The van der Waals surface area contributed by atoms with E-state index in [1.54, 1.807) is 12.3 Å². The quantitative estimate of drug-likeness (QED) is 0.835. The maximum absolute atomic E-state index is 10.0. The SMILES string of the molecule is CCOc1cccc(CNCc2cccnc2)c1O. The first-order valence-corrected chi connectivity index (χ1v) is 6.34. The molecule has 4 nitrogen and oxygen atoms in total. The number of rotatable bonds is 6. The lowest BCUT2D eigenvalue weighted by atomic mass is 10.2. The van der Waals surface area contributed by atoms with Crippen molar-refractivity contribution >= 4 is 0 Å². The van der Waals surface area contributed by atoms with Crippen molar-refractivity contribution in [2.75, 3.05) is 6.61 Å². The van der Waals surface area contributed by atoms with Crippen molar-refractivity contribution in [3.8, 4) is 11.5 Å². The van der Waals surface area contributed by atoms with Gasteiger partial charge in [0.05, 0.1) is 6.61 Å². The van der Waals surface area contributed by atoms with E-state index >= 15 is 0 Å². The number of phenols is 1. The van der Waals surface area contributed by atoms with Crippen LogP contribution in [0.2, 0.25) is 0 Å². The standard InChI is InChI=1S/C15H18N2O2/c1-2-19-14-7-3-6-13(15(14)18)11-17-10-12-5-4-8-16-9-12/h3-9,17-18H,2,10-11H2,1H3. The molecule has 1 aromatic heterocycles. The number of nitrogens with one attached hydrogen (secondary N) is 1. The minimum absolute atomic E-state index is 0.211. The molecule has 0 fully saturated rings. The van der Waals surface area contributed by atoms with Crippen molar-refractivity contribution in [3.05, 3.63) is 53.9 Å². The summed E-state index contributed by atoms with van der Waals surface area (Å²) in [6.45, 7) is 3.74. The van der Waals surface area contributed by atoms with Gasteiger partial charge in [0.25, 0.3) is 0 Å². The van der Waals surface area contributed by atoms with Crippen LogP contribution in [0.4, 0.5) is 0 Å². The highest BCUT2D eigenvalue weighted by molar-refractivity contribution is 5.45. The van der Waals surface area contributed by atoms with Gasteiger partial charge in [0, 0.05) is 31.0 Å². The van der Waals surface area contributed by atoms with Gasteiger partial charge in [0.1, 0.15) is 0 Å². The average molecular weight is 258 g/mol. The molecule has 0 radical (unpaired) electrons. The van der Waals surface area contributed by atoms with E-state index < -0.39 is 0 Å². The van der Waals surface area contributed by atoms with Crippen LogP contribution in [0.15, 0.2) is 42.7 Å². The van der Waals surface area contributed by atoms with Crippen molar-refractivity contribution in [1.82, 2.24) is 10.3 Å². The average Bonchev–Trinajstić information content (AvgIpc) is 2.44. The summed E-state index contributed by atoms with van der Waals surface area (Å²) in [5.74, 6) is 0.742. The largest absolute Gasteiger partial charge is 0.504 e. The van der Waals surface area contributed by atoms with Gasteiger partial charge in [0.2, 0.25) is 0 Å². The lowest BCUT2D eigenvalue weighted by Crippen LogP contribution is -2.13. The Morgan fingerprint density at radius 1 is 1.21 bits per heavy atom. The maximum Gasteiger partial charge on any atom is 0.162 e. The molecule has 0 amide bonds. The Kier molecular flexibility index (Phi) is 4.75. The van der Waals surface area contributed by atoms with Crippen molar-refractivity contribution in [3.63, 3.8) is 0 Å². The Labute approximate surface area is 113 Å². The minimum Gasteiger partial charge on any atom is -0.504 e. The fourth-order valence-corrected chi connectivity index (χ4v) is 1.83. The predicted molar refractivity (Wildman–Crippen MR) is 74.1 cm³/mol. The lowest BCUT2D eigenvalue weighted by Gasteiger charge is -2.10. The Hall–Kier alpha value is -2.07. The van der Waals surface area contributed by atoms with Crippen LogP contribution in [0.1, 0.15) is 18.1 Å². The summed E-state index contributed by atoms with van der Waals surface area (Å²) < 4.78 is 5.35. The van der Waals surface area contributed by atoms with Crippen LogP contribution >= 0.6 is 0 Å². The van der Waals surface area contributed by atoms with E-state index in [0.717, 1.165) is 11.1 Å². The van der Waals surface area contributed by atoms with Crippen molar-refractivity contribution in [2.24, 2.45) is 0 Å². The zero-order valence-corrected chi connectivity index (χ0v) is 11.0. The number of phenolic OH excluding ortho intramolecular Hbond substituents is 1. The summed E-state index contributed by atoms with van der Waals surface area (Å²) in [4.78, 5) is 4.06. The lowest BCUT2D eigenvalue weighted by molar-refractivity contribution is 0.316. The topological polar surface area (TPSA) is 54.4 Å². The number of pyridine rings is 1. The molecular formula is C15H18N2O2. The highest BCUT2D eigenvalue weighted by Gasteiger charge is 2.07. The van der Waals surface area contributed by atoms with E-state index in [0.29, 0.717) is 25.4 Å². The normalized spacial score (nSPS) is 10.4. The zero-order valence-electron chi connectivity index (χ0n) is 11.0. The molecule has 1 aromatic carbocycles. The summed E-state index contributed by atoms with van der Waals surface area (Å²) >= 11 is 0. The molecule has 100 valence electrons. The van der Waals surface area contributed by atoms with E-state index in [1.165, 1.54) is 0 Å². The van der Waals surface area contributed by atoms with E-state index in [2.05, 4.69) is 10.3 Å². The number of para-hydroxylation sites is 1. The van der Waals surface area contributed by atoms with Crippen molar-refractivity contribution in [1.29, 1.82) is 0 Å². The molecular weight excluding hydrogens is 240 g/mol. The summed E-state index contributed by atoms with van der Waals surface area (Å²) in [5, 5.41) is 13.3. The molecule has 2 rings (SSSR count). The molecule has 2 N–H and O–H groups in total. The number of aromatic hydroxyl groups is 1. The molecule has 0 aliphatic heterocycles. The van der Waals surface area contributed by atoms with Crippen molar-refractivity contribution < 1.29 is 9.84 Å². The predicted octanol–water partition coefficient (Wildman–Crippen LogP) is 2.48.